The second-order valence-corrected chi connectivity index (χ2v) is 8.66. The summed E-state index contributed by atoms with van der Waals surface area (Å²) in [6.07, 6.45) is 2.54. The number of benzene rings is 2. The third-order valence-electron chi connectivity index (χ3n) is 4.88. The maximum Gasteiger partial charge on any atom is 0.196 e. The molecule has 0 amide bonds. The van der Waals surface area contributed by atoms with E-state index in [0.717, 1.165) is 57.8 Å². The molecule has 0 spiro atoms. The zero-order valence-corrected chi connectivity index (χ0v) is 18.2. The van der Waals surface area contributed by atoms with Gasteiger partial charge >= 0.3 is 0 Å². The summed E-state index contributed by atoms with van der Waals surface area (Å²) in [7, 11) is 1.71. The number of hydrogen-bond acceptors (Lipinski definition) is 5. The SMILES string of the molecule is COc1ccc(Br)cc1CSc1nnc(CN2CCCC2)n1-c1ccccc1. The Kier molecular flexibility index (Phi) is 6.34. The van der Waals surface area contributed by atoms with Gasteiger partial charge in [-0.15, -0.1) is 10.2 Å². The van der Waals surface area contributed by atoms with Crippen molar-refractivity contribution in [2.24, 2.45) is 0 Å². The Hall–Kier alpha value is -1.83. The summed E-state index contributed by atoms with van der Waals surface area (Å²) in [5.41, 5.74) is 2.23. The van der Waals surface area contributed by atoms with E-state index in [9.17, 15) is 0 Å². The monoisotopic (exact) mass is 458 g/mol. The zero-order valence-electron chi connectivity index (χ0n) is 15.8. The predicted octanol–water partition coefficient (Wildman–Crippen LogP) is 4.93. The van der Waals surface area contributed by atoms with Gasteiger partial charge in [0.05, 0.1) is 13.7 Å². The average molecular weight is 459 g/mol. The predicted molar refractivity (Wildman–Crippen MR) is 116 cm³/mol. The summed E-state index contributed by atoms with van der Waals surface area (Å²) in [5.74, 6) is 2.65. The number of nitrogens with zero attached hydrogens (tertiary/aromatic N) is 4. The molecule has 1 saturated heterocycles. The third-order valence-corrected chi connectivity index (χ3v) is 6.35. The summed E-state index contributed by atoms with van der Waals surface area (Å²) < 4.78 is 8.75. The molecule has 3 aromatic rings. The number of thioether (sulfide) groups is 1. The molecular formula is C21H23BrN4OS. The minimum absolute atomic E-state index is 0.761. The maximum atomic E-state index is 5.51. The Bertz CT molecular complexity index is 925. The fourth-order valence-electron chi connectivity index (χ4n) is 3.48. The molecule has 1 fully saturated rings. The average Bonchev–Trinajstić information content (AvgIpc) is 3.37. The molecular weight excluding hydrogens is 436 g/mol. The number of ether oxygens (including phenoxy) is 1. The van der Waals surface area contributed by atoms with Crippen molar-refractivity contribution in [2.75, 3.05) is 20.2 Å². The lowest BCUT2D eigenvalue weighted by Crippen LogP contribution is -2.21. The number of para-hydroxylation sites is 1. The minimum Gasteiger partial charge on any atom is -0.496 e. The standard InChI is InChI=1S/C21H23BrN4OS/c1-27-19-10-9-17(22)13-16(19)15-28-21-24-23-20(14-25-11-5-6-12-25)26(21)18-7-3-2-4-8-18/h2-4,7-10,13H,5-6,11-12,14-15H2,1H3. The molecule has 7 heteroatoms. The number of rotatable bonds is 7. The molecule has 1 aliphatic heterocycles. The van der Waals surface area contributed by atoms with Gasteiger partial charge in [-0.05, 0) is 56.3 Å². The van der Waals surface area contributed by atoms with Crippen molar-refractivity contribution in [2.45, 2.75) is 30.3 Å². The van der Waals surface area contributed by atoms with E-state index in [1.54, 1.807) is 18.9 Å². The van der Waals surface area contributed by atoms with E-state index in [4.69, 9.17) is 4.74 Å². The molecule has 1 aliphatic rings. The normalized spacial score (nSPS) is 14.5. The summed E-state index contributed by atoms with van der Waals surface area (Å²) in [6, 6.07) is 16.4. The molecule has 0 saturated carbocycles. The smallest absolute Gasteiger partial charge is 0.196 e. The topological polar surface area (TPSA) is 43.2 Å². The van der Waals surface area contributed by atoms with Gasteiger partial charge in [0.25, 0.3) is 0 Å². The van der Waals surface area contributed by atoms with E-state index in [2.05, 4.69) is 65.9 Å². The number of hydrogen-bond donors (Lipinski definition) is 0. The van der Waals surface area contributed by atoms with Crippen LogP contribution in [0, 0.1) is 0 Å². The molecule has 28 heavy (non-hydrogen) atoms. The molecule has 4 rings (SSSR count). The van der Waals surface area contributed by atoms with Gasteiger partial charge in [0.2, 0.25) is 0 Å². The van der Waals surface area contributed by atoms with E-state index >= 15 is 0 Å². The Balaban J connectivity index is 1.61. The maximum absolute atomic E-state index is 5.51. The first kappa shape index (κ1) is 19.5. The lowest BCUT2D eigenvalue weighted by molar-refractivity contribution is 0.319. The van der Waals surface area contributed by atoms with Crippen molar-refractivity contribution in [1.82, 2.24) is 19.7 Å². The fourth-order valence-corrected chi connectivity index (χ4v) is 4.83. The Morgan fingerprint density at radius 1 is 1.07 bits per heavy atom. The van der Waals surface area contributed by atoms with Crippen LogP contribution in [0.5, 0.6) is 5.75 Å². The molecule has 0 bridgehead atoms. The summed E-state index contributed by atoms with van der Waals surface area (Å²) in [5, 5.41) is 9.97. The Labute approximate surface area is 178 Å². The minimum atomic E-state index is 0.761. The van der Waals surface area contributed by atoms with Crippen LogP contribution in [0.4, 0.5) is 0 Å². The number of halogens is 1. The van der Waals surface area contributed by atoms with Gasteiger partial charge in [0.15, 0.2) is 11.0 Å². The molecule has 5 nitrogen and oxygen atoms in total. The van der Waals surface area contributed by atoms with Crippen molar-refractivity contribution in [3.05, 3.63) is 64.4 Å². The van der Waals surface area contributed by atoms with Crippen molar-refractivity contribution in [3.8, 4) is 11.4 Å². The highest BCUT2D eigenvalue weighted by atomic mass is 79.9. The van der Waals surface area contributed by atoms with Crippen LogP contribution < -0.4 is 4.74 Å². The number of likely N-dealkylation sites (tertiary alicyclic amines) is 1. The summed E-state index contributed by atoms with van der Waals surface area (Å²) in [6.45, 7) is 3.11. The van der Waals surface area contributed by atoms with Crippen molar-refractivity contribution < 1.29 is 4.74 Å². The summed E-state index contributed by atoms with van der Waals surface area (Å²) in [4.78, 5) is 2.45. The van der Waals surface area contributed by atoms with E-state index in [1.807, 2.05) is 18.2 Å². The van der Waals surface area contributed by atoms with Gasteiger partial charge in [0.1, 0.15) is 5.75 Å². The zero-order chi connectivity index (χ0) is 19.3. The molecule has 0 atom stereocenters. The van der Waals surface area contributed by atoms with Gasteiger partial charge < -0.3 is 4.74 Å². The van der Waals surface area contributed by atoms with Crippen LogP contribution in [-0.4, -0.2) is 39.9 Å². The van der Waals surface area contributed by atoms with Gasteiger partial charge in [-0.25, -0.2) is 0 Å². The van der Waals surface area contributed by atoms with E-state index in [-0.39, 0.29) is 0 Å². The van der Waals surface area contributed by atoms with Gasteiger partial charge in [0, 0.05) is 21.5 Å². The number of aromatic nitrogens is 3. The van der Waals surface area contributed by atoms with Gasteiger partial charge in [-0.1, -0.05) is 45.9 Å². The van der Waals surface area contributed by atoms with Crippen LogP contribution >= 0.6 is 27.7 Å². The first-order chi connectivity index (χ1) is 13.7. The van der Waals surface area contributed by atoms with Crippen LogP contribution in [0.25, 0.3) is 5.69 Å². The first-order valence-electron chi connectivity index (χ1n) is 9.42. The van der Waals surface area contributed by atoms with E-state index in [1.165, 1.54) is 12.8 Å². The fraction of sp³-hybridized carbons (Fsp3) is 0.333. The molecule has 1 aromatic heterocycles. The van der Waals surface area contributed by atoms with Crippen LogP contribution in [0.3, 0.4) is 0 Å². The lowest BCUT2D eigenvalue weighted by atomic mass is 10.2. The highest BCUT2D eigenvalue weighted by Gasteiger charge is 2.19. The molecule has 0 N–H and O–H groups in total. The Morgan fingerprint density at radius 3 is 2.61 bits per heavy atom. The quantitative estimate of drug-likeness (QED) is 0.469. The molecule has 2 aromatic carbocycles. The van der Waals surface area contributed by atoms with Crippen LogP contribution in [0.2, 0.25) is 0 Å². The molecule has 146 valence electrons. The van der Waals surface area contributed by atoms with E-state index < -0.39 is 0 Å². The molecule has 0 aliphatic carbocycles. The molecule has 0 radical (unpaired) electrons. The van der Waals surface area contributed by atoms with E-state index in [0.29, 0.717) is 0 Å². The van der Waals surface area contributed by atoms with Gasteiger partial charge in [-0.3, -0.25) is 9.47 Å². The first-order valence-corrected chi connectivity index (χ1v) is 11.2. The van der Waals surface area contributed by atoms with Crippen LogP contribution in [0.1, 0.15) is 24.2 Å². The second-order valence-electron chi connectivity index (χ2n) is 6.80. The van der Waals surface area contributed by atoms with Crippen molar-refractivity contribution >= 4 is 27.7 Å². The molecule has 2 heterocycles. The third kappa shape index (κ3) is 4.42. The van der Waals surface area contributed by atoms with Crippen LogP contribution in [0.15, 0.2) is 58.2 Å². The van der Waals surface area contributed by atoms with Crippen molar-refractivity contribution in [1.29, 1.82) is 0 Å². The Morgan fingerprint density at radius 2 is 1.86 bits per heavy atom. The highest BCUT2D eigenvalue weighted by molar-refractivity contribution is 9.10. The lowest BCUT2D eigenvalue weighted by Gasteiger charge is -2.16. The second kappa shape index (κ2) is 9.11. The van der Waals surface area contributed by atoms with Gasteiger partial charge in [-0.2, -0.15) is 0 Å². The highest BCUT2D eigenvalue weighted by Crippen LogP contribution is 2.31. The largest absolute Gasteiger partial charge is 0.496 e. The number of methoxy groups -OCH3 is 1. The molecule has 0 unspecified atom stereocenters. The van der Waals surface area contributed by atoms with Crippen LogP contribution in [-0.2, 0) is 12.3 Å². The van der Waals surface area contributed by atoms with Crippen molar-refractivity contribution in [3.63, 3.8) is 0 Å². The summed E-state index contributed by atoms with van der Waals surface area (Å²) >= 11 is 5.23.